The maximum Gasteiger partial charge on any atom is 0.474 e. The Morgan fingerprint density at radius 3 is 1.64 bits per heavy atom. The van der Waals surface area contributed by atoms with E-state index in [0.29, 0.717) is 0 Å². The van der Waals surface area contributed by atoms with Crippen molar-refractivity contribution < 1.29 is 41.1 Å². The van der Waals surface area contributed by atoms with Crippen LogP contribution in [0.25, 0.3) is 0 Å². The predicted octanol–water partition coefficient (Wildman–Crippen LogP) is 0.939. The van der Waals surface area contributed by atoms with E-state index in [-0.39, 0.29) is 0 Å². The van der Waals surface area contributed by atoms with E-state index in [9.17, 15) is 36.0 Å². The summed E-state index contributed by atoms with van der Waals surface area (Å²) in [6.45, 7) is 0. The largest absolute Gasteiger partial charge is 0.475 e. The molecule has 0 saturated carbocycles. The van der Waals surface area contributed by atoms with Gasteiger partial charge in [-0.15, -0.1) is 0 Å². The van der Waals surface area contributed by atoms with Crippen LogP contribution < -0.4 is 0 Å². The first-order chi connectivity index (χ1) is 6.01. The third kappa shape index (κ3) is 2.26. The Kier molecular flexibility index (Phi) is 2.99. The second-order valence-corrected chi connectivity index (χ2v) is 1.93. The van der Waals surface area contributed by atoms with Crippen molar-refractivity contribution in [2.45, 2.75) is 12.2 Å². The Morgan fingerprint density at radius 1 is 1.07 bits per heavy atom. The molecule has 0 saturated heterocycles. The summed E-state index contributed by atoms with van der Waals surface area (Å²) in [6, 6.07) is -5.55. The third-order valence-corrected chi connectivity index (χ3v) is 0.925. The quantitative estimate of drug-likeness (QED) is 0.432. The number of rotatable bonds is 2. The lowest BCUT2D eigenvalue weighted by atomic mass is 10.5. The minimum absolute atomic E-state index is 2.69. The van der Waals surface area contributed by atoms with E-state index >= 15 is 0 Å². The average Bonchev–Trinajstić information content (AvgIpc) is 1.99. The lowest BCUT2D eigenvalue weighted by molar-refractivity contribution is -0.260. The first-order valence-electron chi connectivity index (χ1n) is 2.69. The van der Waals surface area contributed by atoms with Gasteiger partial charge in [-0.25, -0.2) is 4.79 Å². The highest BCUT2D eigenvalue weighted by atomic mass is 19.4. The molecule has 0 aliphatic carbocycles. The molecular weight excluding hydrogens is 224 g/mol. The van der Waals surface area contributed by atoms with Gasteiger partial charge >= 0.3 is 24.1 Å². The molecule has 1 N–H and O–H groups in total. The zero-order valence-electron chi connectivity index (χ0n) is 5.98. The lowest BCUT2D eigenvalue weighted by Gasteiger charge is -2.19. The number of halogens is 6. The van der Waals surface area contributed by atoms with Gasteiger partial charge in [0.2, 0.25) is 0 Å². The molecule has 0 aliphatic rings. The second kappa shape index (κ2) is 3.35. The number of hydrogen-bond acceptors (Lipinski definition) is 2. The molecule has 82 valence electrons. The van der Waals surface area contributed by atoms with Crippen molar-refractivity contribution in [3.8, 4) is 0 Å². The Morgan fingerprint density at radius 2 is 1.43 bits per heavy atom. The molecule has 0 bridgehead atoms. The van der Waals surface area contributed by atoms with Gasteiger partial charge in [0.15, 0.2) is 0 Å². The first kappa shape index (κ1) is 12.5. The number of hydrogen-bond donors (Lipinski definition) is 1. The van der Waals surface area contributed by atoms with Gasteiger partial charge in [-0.1, -0.05) is 9.60 Å². The van der Waals surface area contributed by atoms with Gasteiger partial charge in [0.25, 0.3) is 0 Å². The van der Waals surface area contributed by atoms with E-state index in [1.54, 1.807) is 0 Å². The SMILES string of the molecule is O=C(N(F)C(F)(F)C(=O)O)C(F)(F)F. The monoisotopic (exact) mass is 225 g/mol. The average molecular weight is 225 g/mol. The summed E-state index contributed by atoms with van der Waals surface area (Å²) >= 11 is 0. The molecule has 0 spiro atoms. The van der Waals surface area contributed by atoms with E-state index in [4.69, 9.17) is 5.11 Å². The number of carbonyl (C=O) groups excluding carboxylic acids is 1. The predicted molar refractivity (Wildman–Crippen MR) is 26.6 cm³/mol. The fraction of sp³-hybridized carbons (Fsp3) is 0.500. The minimum atomic E-state index is -5.91. The van der Waals surface area contributed by atoms with Crippen molar-refractivity contribution in [3.63, 3.8) is 0 Å². The lowest BCUT2D eigenvalue weighted by Crippen LogP contribution is -2.50. The Hall–Kier alpha value is -1.48. The summed E-state index contributed by atoms with van der Waals surface area (Å²) in [4.78, 5) is 19.3. The van der Waals surface area contributed by atoms with E-state index in [2.05, 4.69) is 0 Å². The maximum absolute atomic E-state index is 12.0. The van der Waals surface area contributed by atoms with Crippen LogP contribution in [0.5, 0.6) is 0 Å². The molecule has 14 heavy (non-hydrogen) atoms. The molecule has 0 radical (unpaired) electrons. The summed E-state index contributed by atoms with van der Waals surface area (Å²) in [7, 11) is 0. The van der Waals surface area contributed by atoms with Crippen molar-refractivity contribution in [3.05, 3.63) is 0 Å². The van der Waals surface area contributed by atoms with Crippen molar-refractivity contribution in [1.29, 1.82) is 0 Å². The number of carbonyl (C=O) groups is 2. The normalized spacial score (nSPS) is 12.4. The highest BCUT2D eigenvalue weighted by molar-refractivity contribution is 5.86. The van der Waals surface area contributed by atoms with Crippen LogP contribution in [-0.2, 0) is 9.59 Å². The van der Waals surface area contributed by atoms with Crippen molar-refractivity contribution in [2.75, 3.05) is 0 Å². The topological polar surface area (TPSA) is 57.6 Å². The summed E-state index contributed by atoms with van der Waals surface area (Å²) in [5.41, 5.74) is 0. The second-order valence-electron chi connectivity index (χ2n) is 1.93. The Labute approximate surface area is 71.6 Å². The standard InChI is InChI=1S/C4HF6NO3/c5-3(6,7)1(12)11(10)4(8,9)2(13)14/h(H,13,14). The molecule has 0 atom stereocenters. The van der Waals surface area contributed by atoms with Crippen molar-refractivity contribution in [1.82, 2.24) is 5.12 Å². The van der Waals surface area contributed by atoms with Gasteiger partial charge in [0, 0.05) is 0 Å². The smallest absolute Gasteiger partial charge is 0.474 e. The fourth-order valence-electron chi connectivity index (χ4n) is 0.323. The van der Waals surface area contributed by atoms with Crippen LogP contribution in [0.3, 0.4) is 0 Å². The molecule has 0 aromatic rings. The van der Waals surface area contributed by atoms with E-state index in [0.717, 1.165) is 0 Å². The van der Waals surface area contributed by atoms with Gasteiger partial charge in [-0.2, -0.15) is 22.0 Å². The molecule has 10 heteroatoms. The van der Waals surface area contributed by atoms with Gasteiger partial charge < -0.3 is 5.11 Å². The van der Waals surface area contributed by atoms with Crippen molar-refractivity contribution in [2.24, 2.45) is 0 Å². The number of nitrogens with zero attached hydrogens (tertiary/aromatic N) is 1. The number of aliphatic carboxylic acids is 1. The van der Waals surface area contributed by atoms with Crippen LogP contribution in [0.4, 0.5) is 26.4 Å². The van der Waals surface area contributed by atoms with Gasteiger partial charge in [0.1, 0.15) is 0 Å². The molecule has 0 rings (SSSR count). The fourth-order valence-corrected chi connectivity index (χ4v) is 0.323. The molecule has 0 aromatic carbocycles. The molecule has 1 amide bonds. The number of alkyl halides is 5. The van der Waals surface area contributed by atoms with Crippen molar-refractivity contribution >= 4 is 11.9 Å². The summed E-state index contributed by atoms with van der Waals surface area (Å²) in [6.07, 6.45) is -5.91. The molecule has 0 heterocycles. The van der Waals surface area contributed by atoms with Gasteiger partial charge in [-0.3, -0.25) is 4.79 Å². The zero-order valence-corrected chi connectivity index (χ0v) is 5.98. The summed E-state index contributed by atoms with van der Waals surface area (Å²) < 4.78 is 69.9. The summed E-state index contributed by atoms with van der Waals surface area (Å²) in [5.74, 6) is -6.80. The molecule has 4 nitrogen and oxygen atoms in total. The minimum Gasteiger partial charge on any atom is -0.475 e. The van der Waals surface area contributed by atoms with Crippen LogP contribution in [0.15, 0.2) is 0 Å². The van der Waals surface area contributed by atoms with E-state index in [1.807, 2.05) is 0 Å². The highest BCUT2D eigenvalue weighted by Gasteiger charge is 2.57. The maximum atomic E-state index is 12.0. The third-order valence-electron chi connectivity index (χ3n) is 0.925. The zero-order chi connectivity index (χ0) is 11.7. The van der Waals surface area contributed by atoms with E-state index < -0.39 is 29.2 Å². The first-order valence-corrected chi connectivity index (χ1v) is 2.69. The van der Waals surface area contributed by atoms with Crippen LogP contribution in [0, 0.1) is 0 Å². The summed E-state index contributed by atoms with van der Waals surface area (Å²) in [5, 5.41) is 4.89. The number of amides is 1. The molecule has 0 unspecified atom stereocenters. The molecule has 0 fully saturated rings. The molecule has 0 aliphatic heterocycles. The van der Waals surface area contributed by atoms with Crippen LogP contribution in [0.1, 0.15) is 0 Å². The van der Waals surface area contributed by atoms with Gasteiger partial charge in [-0.05, 0) is 0 Å². The number of carboxylic acid groups (broad SMARTS) is 1. The highest BCUT2D eigenvalue weighted by Crippen LogP contribution is 2.27. The Balaban J connectivity index is 4.89. The van der Waals surface area contributed by atoms with Crippen LogP contribution in [-0.4, -0.2) is 34.3 Å². The molecular formula is C4HF6NO3. The van der Waals surface area contributed by atoms with E-state index in [1.165, 1.54) is 0 Å². The van der Waals surface area contributed by atoms with Crippen LogP contribution in [0.2, 0.25) is 0 Å². The number of carboxylic acids is 1. The van der Waals surface area contributed by atoms with Crippen LogP contribution >= 0.6 is 0 Å². The Bertz CT molecular complexity index is 260. The van der Waals surface area contributed by atoms with Gasteiger partial charge in [0.05, 0.1) is 0 Å². The molecule has 0 aromatic heterocycles.